The van der Waals surface area contributed by atoms with Gasteiger partial charge in [0.05, 0.1) is 14.2 Å². The Labute approximate surface area is 85.9 Å². The van der Waals surface area contributed by atoms with Crippen molar-refractivity contribution >= 4 is 0 Å². The molecule has 0 spiro atoms. The minimum atomic E-state index is 0.660. The van der Waals surface area contributed by atoms with E-state index in [1.807, 2.05) is 13.8 Å². The summed E-state index contributed by atoms with van der Waals surface area (Å²) in [6.45, 7) is 4.00. The number of rotatable bonds is 2. The van der Waals surface area contributed by atoms with E-state index in [0.29, 0.717) is 11.5 Å². The lowest BCUT2D eigenvalue weighted by Gasteiger charge is -2.06. The van der Waals surface area contributed by atoms with Crippen LogP contribution in [-0.4, -0.2) is 14.2 Å². The van der Waals surface area contributed by atoms with Crippen LogP contribution in [0.25, 0.3) is 0 Å². The van der Waals surface area contributed by atoms with Gasteiger partial charge in [0.2, 0.25) is 0 Å². The first-order valence-corrected chi connectivity index (χ1v) is 4.50. The number of hydrogen-bond donors (Lipinski definition) is 0. The van der Waals surface area contributed by atoms with Crippen molar-refractivity contribution in [3.05, 3.63) is 23.8 Å². The third-order valence-corrected chi connectivity index (χ3v) is 1.55. The van der Waals surface area contributed by atoms with Crippen molar-refractivity contribution < 1.29 is 9.47 Å². The van der Waals surface area contributed by atoms with Crippen molar-refractivity contribution in [3.63, 3.8) is 0 Å². The van der Waals surface area contributed by atoms with Crippen molar-refractivity contribution in [1.29, 1.82) is 0 Å². The van der Waals surface area contributed by atoms with Crippen LogP contribution < -0.4 is 9.47 Å². The largest absolute Gasteiger partial charge is 0.493 e. The zero-order chi connectivity index (χ0) is 11.0. The van der Waals surface area contributed by atoms with Gasteiger partial charge in [0.25, 0.3) is 0 Å². The second kappa shape index (κ2) is 6.85. The fraction of sp³-hybridized carbons (Fsp3) is 0.333. The van der Waals surface area contributed by atoms with Crippen molar-refractivity contribution in [3.8, 4) is 23.8 Å². The van der Waals surface area contributed by atoms with E-state index in [4.69, 9.17) is 15.9 Å². The molecule has 0 aliphatic carbocycles. The first-order chi connectivity index (χ1) is 6.81. The van der Waals surface area contributed by atoms with Crippen LogP contribution >= 0.6 is 0 Å². The van der Waals surface area contributed by atoms with Gasteiger partial charge in [-0.25, -0.2) is 0 Å². The van der Waals surface area contributed by atoms with Gasteiger partial charge >= 0.3 is 0 Å². The highest BCUT2D eigenvalue weighted by atomic mass is 16.5. The van der Waals surface area contributed by atoms with Crippen molar-refractivity contribution in [2.45, 2.75) is 13.8 Å². The van der Waals surface area contributed by atoms with Gasteiger partial charge in [-0.15, -0.1) is 6.42 Å². The minimum Gasteiger partial charge on any atom is -0.493 e. The number of methoxy groups -OCH3 is 2. The molecule has 2 nitrogen and oxygen atoms in total. The van der Waals surface area contributed by atoms with Crippen LogP contribution in [0.15, 0.2) is 18.2 Å². The Bertz CT molecular complexity index is 311. The molecule has 0 unspecified atom stereocenters. The van der Waals surface area contributed by atoms with E-state index in [0.717, 1.165) is 5.56 Å². The Morgan fingerprint density at radius 1 is 1.07 bits per heavy atom. The van der Waals surface area contributed by atoms with Crippen LogP contribution in [0.1, 0.15) is 19.4 Å². The predicted molar refractivity (Wildman–Crippen MR) is 58.8 cm³/mol. The Balaban J connectivity index is 0.000000791. The molecule has 0 heterocycles. The molecule has 0 saturated carbocycles. The summed E-state index contributed by atoms with van der Waals surface area (Å²) in [5.74, 6) is 3.87. The summed E-state index contributed by atoms with van der Waals surface area (Å²) >= 11 is 0. The third-order valence-electron chi connectivity index (χ3n) is 1.55. The Morgan fingerprint density at radius 2 is 1.64 bits per heavy atom. The second-order valence-corrected chi connectivity index (χ2v) is 2.21. The number of benzene rings is 1. The molecule has 0 amide bonds. The van der Waals surface area contributed by atoms with E-state index in [2.05, 4.69) is 5.92 Å². The molecule has 0 radical (unpaired) electrons. The van der Waals surface area contributed by atoms with E-state index in [-0.39, 0.29) is 0 Å². The molecule has 14 heavy (non-hydrogen) atoms. The van der Waals surface area contributed by atoms with Crippen LogP contribution in [0, 0.1) is 12.3 Å². The lowest BCUT2D eigenvalue weighted by Crippen LogP contribution is -1.90. The molecular formula is C12H16O2. The molecule has 1 aromatic carbocycles. The van der Waals surface area contributed by atoms with Crippen LogP contribution in [0.3, 0.4) is 0 Å². The maximum atomic E-state index is 5.22. The average Bonchev–Trinajstić information content (AvgIpc) is 2.30. The minimum absolute atomic E-state index is 0.660. The summed E-state index contributed by atoms with van der Waals surface area (Å²) in [6.07, 6.45) is 5.22. The van der Waals surface area contributed by atoms with Crippen LogP contribution in [0.2, 0.25) is 0 Å². The Morgan fingerprint density at radius 3 is 2.07 bits per heavy atom. The maximum Gasteiger partial charge on any atom is 0.161 e. The number of hydrogen-bond acceptors (Lipinski definition) is 2. The molecule has 1 aromatic rings. The smallest absolute Gasteiger partial charge is 0.161 e. The van der Waals surface area contributed by atoms with Gasteiger partial charge in [0.1, 0.15) is 0 Å². The molecule has 0 aliphatic heterocycles. The topological polar surface area (TPSA) is 18.5 Å². The number of ether oxygens (including phenoxy) is 2. The first kappa shape index (κ1) is 12.4. The first-order valence-electron chi connectivity index (χ1n) is 4.50. The van der Waals surface area contributed by atoms with Gasteiger partial charge in [-0.2, -0.15) is 0 Å². The fourth-order valence-corrected chi connectivity index (χ4v) is 0.926. The number of terminal acetylenes is 1. The molecule has 0 fully saturated rings. The summed E-state index contributed by atoms with van der Waals surface area (Å²) < 4.78 is 10.1. The summed E-state index contributed by atoms with van der Waals surface area (Å²) in [4.78, 5) is 0. The summed E-state index contributed by atoms with van der Waals surface area (Å²) in [7, 11) is 3.17. The molecule has 0 aliphatic rings. The van der Waals surface area contributed by atoms with Crippen molar-refractivity contribution in [2.75, 3.05) is 14.2 Å². The van der Waals surface area contributed by atoms with Crippen LogP contribution in [0.5, 0.6) is 11.5 Å². The molecule has 0 saturated heterocycles. The van der Waals surface area contributed by atoms with Gasteiger partial charge in [-0.3, -0.25) is 0 Å². The third kappa shape index (κ3) is 3.02. The lowest BCUT2D eigenvalue weighted by atomic mass is 10.2. The standard InChI is InChI=1S/C10H10O2.C2H6/c1-4-8-5-6-9(11-2)10(7-8)12-3;1-2/h1,5-7H,2-3H3;1-2H3. The van der Waals surface area contributed by atoms with E-state index in [1.54, 1.807) is 32.4 Å². The molecule has 1 rings (SSSR count). The average molecular weight is 192 g/mol. The van der Waals surface area contributed by atoms with Crippen LogP contribution in [-0.2, 0) is 0 Å². The molecule has 0 N–H and O–H groups in total. The zero-order valence-corrected chi connectivity index (χ0v) is 9.13. The molecule has 0 bridgehead atoms. The van der Waals surface area contributed by atoms with Gasteiger partial charge in [-0.1, -0.05) is 19.8 Å². The van der Waals surface area contributed by atoms with Gasteiger partial charge < -0.3 is 9.47 Å². The normalized spacial score (nSPS) is 7.93. The van der Waals surface area contributed by atoms with E-state index >= 15 is 0 Å². The molecular weight excluding hydrogens is 176 g/mol. The highest BCUT2D eigenvalue weighted by Gasteiger charge is 2.01. The molecule has 0 atom stereocenters. The quantitative estimate of drug-likeness (QED) is 0.671. The molecule has 0 aromatic heterocycles. The van der Waals surface area contributed by atoms with Gasteiger partial charge in [0.15, 0.2) is 11.5 Å². The van der Waals surface area contributed by atoms with E-state index < -0.39 is 0 Å². The predicted octanol–water partition coefficient (Wildman–Crippen LogP) is 2.71. The van der Waals surface area contributed by atoms with Crippen LogP contribution in [0.4, 0.5) is 0 Å². The monoisotopic (exact) mass is 192 g/mol. The Hall–Kier alpha value is -1.62. The van der Waals surface area contributed by atoms with Crippen molar-refractivity contribution in [2.24, 2.45) is 0 Å². The summed E-state index contributed by atoms with van der Waals surface area (Å²) in [5, 5.41) is 0. The Kier molecular flexibility index (Phi) is 6.06. The lowest BCUT2D eigenvalue weighted by molar-refractivity contribution is 0.355. The maximum absolute atomic E-state index is 5.22. The SMILES string of the molecule is C#Cc1ccc(OC)c(OC)c1.CC. The summed E-state index contributed by atoms with van der Waals surface area (Å²) in [6, 6.07) is 5.36. The highest BCUT2D eigenvalue weighted by Crippen LogP contribution is 2.26. The highest BCUT2D eigenvalue weighted by molar-refractivity contribution is 5.47. The second-order valence-electron chi connectivity index (χ2n) is 2.21. The zero-order valence-electron chi connectivity index (χ0n) is 9.13. The van der Waals surface area contributed by atoms with Gasteiger partial charge in [-0.05, 0) is 18.2 Å². The fourth-order valence-electron chi connectivity index (χ4n) is 0.926. The summed E-state index contributed by atoms with van der Waals surface area (Å²) in [5.41, 5.74) is 0.785. The van der Waals surface area contributed by atoms with Gasteiger partial charge in [0, 0.05) is 5.56 Å². The van der Waals surface area contributed by atoms with E-state index in [1.165, 1.54) is 0 Å². The van der Waals surface area contributed by atoms with Crippen molar-refractivity contribution in [1.82, 2.24) is 0 Å². The molecule has 76 valence electrons. The molecule has 2 heteroatoms. The van der Waals surface area contributed by atoms with E-state index in [9.17, 15) is 0 Å².